The zero-order chi connectivity index (χ0) is 22.6. The largest absolute Gasteiger partial charge is 0.341 e. The molecule has 4 aromatic rings. The maximum atomic E-state index is 13.5. The third-order valence-electron chi connectivity index (χ3n) is 6.18. The van der Waals surface area contributed by atoms with Crippen LogP contribution in [0.1, 0.15) is 41.5 Å². The van der Waals surface area contributed by atoms with Gasteiger partial charge in [0.2, 0.25) is 11.1 Å². The van der Waals surface area contributed by atoms with Gasteiger partial charge in [0.1, 0.15) is 5.25 Å². The first-order chi connectivity index (χ1) is 16.2. The van der Waals surface area contributed by atoms with Crippen LogP contribution in [0, 0.1) is 0 Å². The van der Waals surface area contributed by atoms with Gasteiger partial charge in [0.25, 0.3) is 0 Å². The number of aromatic nitrogens is 3. The monoisotopic (exact) mass is 457 g/mol. The van der Waals surface area contributed by atoms with E-state index in [1.165, 1.54) is 33.6 Å². The second-order valence-electron chi connectivity index (χ2n) is 8.38. The van der Waals surface area contributed by atoms with E-state index in [0.717, 1.165) is 37.1 Å². The lowest BCUT2D eigenvalue weighted by atomic mass is 10.0. The van der Waals surface area contributed by atoms with Crippen molar-refractivity contribution in [3.63, 3.8) is 0 Å². The fraction of sp³-hybridized carbons (Fsp3) is 0.269. The molecule has 2 N–H and O–H groups in total. The van der Waals surface area contributed by atoms with E-state index < -0.39 is 5.25 Å². The van der Waals surface area contributed by atoms with Gasteiger partial charge < -0.3 is 10.7 Å². The van der Waals surface area contributed by atoms with Crippen LogP contribution >= 0.6 is 11.8 Å². The number of likely N-dealkylation sites (tertiary alicyclic amines) is 1. The number of rotatable bonds is 6. The fourth-order valence-corrected chi connectivity index (χ4v) is 5.46. The summed E-state index contributed by atoms with van der Waals surface area (Å²) in [5, 5.41) is 11.3. The quantitative estimate of drug-likeness (QED) is 0.339. The van der Waals surface area contributed by atoms with Crippen molar-refractivity contribution in [2.75, 3.05) is 18.9 Å². The topological polar surface area (TPSA) is 77.0 Å². The first-order valence-electron chi connectivity index (χ1n) is 11.4. The molecule has 0 spiro atoms. The Labute approximate surface area is 197 Å². The third kappa shape index (κ3) is 4.59. The summed E-state index contributed by atoms with van der Waals surface area (Å²) in [6, 6.07) is 24.4. The van der Waals surface area contributed by atoms with Crippen molar-refractivity contribution in [3.8, 4) is 0 Å². The van der Waals surface area contributed by atoms with Gasteiger partial charge in [-0.25, -0.2) is 4.68 Å². The maximum absolute atomic E-state index is 13.5. The van der Waals surface area contributed by atoms with E-state index in [1.807, 2.05) is 53.4 Å². The molecule has 6 nitrogen and oxygen atoms in total. The highest BCUT2D eigenvalue weighted by molar-refractivity contribution is 8.00. The minimum Gasteiger partial charge on any atom is -0.341 e. The molecular weight excluding hydrogens is 430 g/mol. The van der Waals surface area contributed by atoms with Crippen LogP contribution in [0.15, 0.2) is 78.0 Å². The van der Waals surface area contributed by atoms with Crippen molar-refractivity contribution in [1.82, 2.24) is 19.8 Å². The molecular formula is C26H27N5OS. The van der Waals surface area contributed by atoms with Crippen LogP contribution in [0.2, 0.25) is 0 Å². The van der Waals surface area contributed by atoms with Crippen LogP contribution in [0.3, 0.4) is 0 Å². The summed E-state index contributed by atoms with van der Waals surface area (Å²) in [5.74, 6) is 7.23. The van der Waals surface area contributed by atoms with Gasteiger partial charge in [-0.15, -0.1) is 10.2 Å². The molecule has 1 atom stereocenters. The summed E-state index contributed by atoms with van der Waals surface area (Å²) >= 11 is 1.38. The van der Waals surface area contributed by atoms with E-state index in [-0.39, 0.29) is 5.91 Å². The standard InChI is InChI=1S/C26H27N5OS/c27-31-23(18-21-14-9-13-19-10-5-6-15-22(19)21)28-29-26(31)33-24(20-11-3-1-4-12-20)25(32)30-16-7-2-8-17-30/h1,3-6,9-15,24H,2,7-8,16-18,27H2/t24-/m0/s1. The Balaban J connectivity index is 1.41. The number of piperidine rings is 1. The molecule has 1 aliphatic rings. The number of benzene rings is 3. The summed E-state index contributed by atoms with van der Waals surface area (Å²) in [7, 11) is 0. The summed E-state index contributed by atoms with van der Waals surface area (Å²) in [6.45, 7) is 1.62. The van der Waals surface area contributed by atoms with E-state index in [1.54, 1.807) is 0 Å². The normalized spacial score (nSPS) is 15.0. The van der Waals surface area contributed by atoms with Crippen molar-refractivity contribution < 1.29 is 4.79 Å². The second kappa shape index (κ2) is 9.67. The molecule has 0 unspecified atom stereocenters. The number of thioether (sulfide) groups is 1. The summed E-state index contributed by atoms with van der Waals surface area (Å²) in [4.78, 5) is 15.4. The Morgan fingerprint density at radius 2 is 1.64 bits per heavy atom. The molecule has 33 heavy (non-hydrogen) atoms. The molecule has 0 aliphatic carbocycles. The average Bonchev–Trinajstić information content (AvgIpc) is 3.22. The Morgan fingerprint density at radius 1 is 0.909 bits per heavy atom. The van der Waals surface area contributed by atoms with Crippen LogP contribution in [0.25, 0.3) is 10.8 Å². The molecule has 1 aromatic heterocycles. The number of nitrogens with two attached hydrogens (primary N) is 1. The van der Waals surface area contributed by atoms with Gasteiger partial charge >= 0.3 is 0 Å². The fourth-order valence-electron chi connectivity index (χ4n) is 4.40. The van der Waals surface area contributed by atoms with Gasteiger partial charge in [0, 0.05) is 19.5 Å². The highest BCUT2D eigenvalue weighted by atomic mass is 32.2. The Hall–Kier alpha value is -3.32. The van der Waals surface area contributed by atoms with E-state index in [0.29, 0.717) is 17.4 Å². The van der Waals surface area contributed by atoms with Gasteiger partial charge in [-0.3, -0.25) is 4.79 Å². The highest BCUT2D eigenvalue weighted by Crippen LogP contribution is 2.36. The zero-order valence-corrected chi connectivity index (χ0v) is 19.2. The van der Waals surface area contributed by atoms with Crippen LogP contribution < -0.4 is 5.84 Å². The molecule has 1 saturated heterocycles. The van der Waals surface area contributed by atoms with Gasteiger partial charge in [-0.2, -0.15) is 0 Å². The number of nitrogen functional groups attached to an aromatic ring is 1. The van der Waals surface area contributed by atoms with Crippen molar-refractivity contribution in [2.24, 2.45) is 0 Å². The predicted molar refractivity (Wildman–Crippen MR) is 132 cm³/mol. The minimum absolute atomic E-state index is 0.115. The van der Waals surface area contributed by atoms with Crippen molar-refractivity contribution in [2.45, 2.75) is 36.1 Å². The number of hydrogen-bond donors (Lipinski definition) is 1. The molecule has 1 fully saturated rings. The number of hydrogen-bond acceptors (Lipinski definition) is 5. The maximum Gasteiger partial charge on any atom is 0.240 e. The van der Waals surface area contributed by atoms with Crippen LogP contribution in [0.4, 0.5) is 0 Å². The number of amides is 1. The molecule has 1 aliphatic heterocycles. The highest BCUT2D eigenvalue weighted by Gasteiger charge is 2.30. The molecule has 3 aromatic carbocycles. The number of nitrogens with zero attached hydrogens (tertiary/aromatic N) is 4. The third-order valence-corrected chi connectivity index (χ3v) is 7.38. The lowest BCUT2D eigenvalue weighted by molar-refractivity contribution is -0.131. The van der Waals surface area contributed by atoms with Crippen LogP contribution in [-0.2, 0) is 11.2 Å². The second-order valence-corrected chi connectivity index (χ2v) is 9.45. The van der Waals surface area contributed by atoms with Crippen molar-refractivity contribution >= 4 is 28.4 Å². The van der Waals surface area contributed by atoms with Crippen molar-refractivity contribution in [3.05, 3.63) is 89.7 Å². The van der Waals surface area contributed by atoms with E-state index in [2.05, 4.69) is 34.5 Å². The van der Waals surface area contributed by atoms with E-state index in [4.69, 9.17) is 5.84 Å². The lowest BCUT2D eigenvalue weighted by Gasteiger charge is -2.30. The Bertz CT molecular complexity index is 1240. The smallest absolute Gasteiger partial charge is 0.240 e. The van der Waals surface area contributed by atoms with Crippen molar-refractivity contribution in [1.29, 1.82) is 0 Å². The molecule has 7 heteroatoms. The Kier molecular flexibility index (Phi) is 6.30. The first kappa shape index (κ1) is 21.5. The van der Waals surface area contributed by atoms with Crippen LogP contribution in [-0.4, -0.2) is 38.8 Å². The molecule has 0 saturated carbocycles. The number of carbonyl (C=O) groups is 1. The lowest BCUT2D eigenvalue weighted by Crippen LogP contribution is -2.38. The van der Waals surface area contributed by atoms with Gasteiger partial charge in [0.05, 0.1) is 0 Å². The first-order valence-corrected chi connectivity index (χ1v) is 12.2. The molecule has 5 rings (SSSR count). The number of fused-ring (bicyclic) bond motifs is 1. The SMILES string of the molecule is Nn1c(Cc2cccc3ccccc23)nnc1S[C@H](C(=O)N1CCCCC1)c1ccccc1. The van der Waals surface area contributed by atoms with Gasteiger partial charge in [0.15, 0.2) is 5.82 Å². The Morgan fingerprint density at radius 3 is 2.45 bits per heavy atom. The summed E-state index contributed by atoms with van der Waals surface area (Å²) in [6.07, 6.45) is 3.86. The number of carbonyl (C=O) groups excluding carboxylic acids is 1. The summed E-state index contributed by atoms with van der Waals surface area (Å²) in [5.41, 5.74) is 2.10. The summed E-state index contributed by atoms with van der Waals surface area (Å²) < 4.78 is 1.53. The van der Waals surface area contributed by atoms with Gasteiger partial charge in [-0.05, 0) is 41.2 Å². The zero-order valence-electron chi connectivity index (χ0n) is 18.4. The molecule has 0 bridgehead atoms. The molecule has 1 amide bonds. The van der Waals surface area contributed by atoms with Gasteiger partial charge in [-0.1, -0.05) is 84.6 Å². The molecule has 2 heterocycles. The van der Waals surface area contributed by atoms with Crippen LogP contribution in [0.5, 0.6) is 0 Å². The predicted octanol–water partition coefficient (Wildman–Crippen LogP) is 4.58. The average molecular weight is 458 g/mol. The molecule has 0 radical (unpaired) electrons. The minimum atomic E-state index is -0.402. The van der Waals surface area contributed by atoms with E-state index >= 15 is 0 Å². The van der Waals surface area contributed by atoms with E-state index in [9.17, 15) is 4.79 Å². The molecule has 168 valence electrons.